The average Bonchev–Trinajstić information content (AvgIpc) is 3.30. The lowest BCUT2D eigenvalue weighted by molar-refractivity contribution is -0.128. The molecular formula is C21H31N5O2. The molecule has 0 saturated carbocycles. The second-order valence-electron chi connectivity index (χ2n) is 9.04. The fraction of sp³-hybridized carbons (Fsp3) is 0.667. The lowest BCUT2D eigenvalue weighted by Crippen LogP contribution is -2.41. The van der Waals surface area contributed by atoms with E-state index in [0.717, 1.165) is 50.4 Å². The molecule has 0 atom stereocenters. The molecule has 28 heavy (non-hydrogen) atoms. The van der Waals surface area contributed by atoms with E-state index in [4.69, 9.17) is 4.42 Å². The smallest absolute Gasteiger partial charge is 0.264 e. The summed E-state index contributed by atoms with van der Waals surface area (Å²) in [4.78, 5) is 16.8. The number of amides is 1. The molecule has 4 rings (SSSR count). The Hall–Kier alpha value is -2.15. The minimum atomic E-state index is 0.170. The van der Waals surface area contributed by atoms with Crippen LogP contribution in [-0.4, -0.2) is 56.7 Å². The second-order valence-corrected chi connectivity index (χ2v) is 9.04. The van der Waals surface area contributed by atoms with Crippen molar-refractivity contribution in [2.24, 2.45) is 18.4 Å². The molecule has 0 bridgehead atoms. The first-order chi connectivity index (χ1) is 13.3. The summed E-state index contributed by atoms with van der Waals surface area (Å²) >= 11 is 0. The molecule has 0 aliphatic carbocycles. The van der Waals surface area contributed by atoms with Crippen LogP contribution in [0.2, 0.25) is 0 Å². The van der Waals surface area contributed by atoms with Crippen molar-refractivity contribution in [3.63, 3.8) is 0 Å². The Morgan fingerprint density at radius 2 is 1.96 bits per heavy atom. The maximum Gasteiger partial charge on any atom is 0.264 e. The summed E-state index contributed by atoms with van der Waals surface area (Å²) in [6, 6.07) is 4.06. The predicted molar refractivity (Wildman–Crippen MR) is 106 cm³/mol. The van der Waals surface area contributed by atoms with Crippen LogP contribution in [0.1, 0.15) is 44.7 Å². The minimum Gasteiger partial charge on any atom is -0.418 e. The van der Waals surface area contributed by atoms with Crippen molar-refractivity contribution in [3.05, 3.63) is 23.7 Å². The number of carbonyl (C=O) groups is 1. The number of hydrogen-bond donors (Lipinski definition) is 0. The van der Waals surface area contributed by atoms with Gasteiger partial charge in [-0.1, -0.05) is 13.8 Å². The molecule has 0 radical (unpaired) electrons. The lowest BCUT2D eigenvalue weighted by Gasteiger charge is -2.38. The third kappa shape index (κ3) is 3.72. The normalized spacial score (nSPS) is 20.0. The predicted octanol–water partition coefficient (Wildman–Crippen LogP) is 2.85. The molecule has 2 aromatic heterocycles. The molecule has 0 unspecified atom stereocenters. The molecule has 4 heterocycles. The zero-order valence-corrected chi connectivity index (χ0v) is 17.4. The highest BCUT2D eigenvalue weighted by atomic mass is 16.4. The van der Waals surface area contributed by atoms with Gasteiger partial charge in [-0.25, -0.2) is 0 Å². The van der Waals surface area contributed by atoms with Gasteiger partial charge >= 0.3 is 0 Å². The van der Waals surface area contributed by atoms with Gasteiger partial charge < -0.3 is 13.9 Å². The highest BCUT2D eigenvalue weighted by Crippen LogP contribution is 2.41. The summed E-state index contributed by atoms with van der Waals surface area (Å²) in [5.74, 6) is 2.10. The van der Waals surface area contributed by atoms with Crippen LogP contribution in [0.15, 0.2) is 16.5 Å². The van der Waals surface area contributed by atoms with Crippen molar-refractivity contribution < 1.29 is 9.21 Å². The highest BCUT2D eigenvalue weighted by molar-refractivity contribution is 5.79. The quantitative estimate of drug-likeness (QED) is 0.792. The molecule has 1 spiro atoms. The van der Waals surface area contributed by atoms with E-state index in [0.29, 0.717) is 36.6 Å². The van der Waals surface area contributed by atoms with Crippen LogP contribution < -0.4 is 0 Å². The van der Waals surface area contributed by atoms with E-state index in [2.05, 4.69) is 51.4 Å². The largest absolute Gasteiger partial charge is 0.418 e. The van der Waals surface area contributed by atoms with Crippen LogP contribution >= 0.6 is 0 Å². The van der Waals surface area contributed by atoms with Crippen molar-refractivity contribution in [3.8, 4) is 11.6 Å². The van der Waals surface area contributed by atoms with Crippen LogP contribution in [0.3, 0.4) is 0 Å². The van der Waals surface area contributed by atoms with E-state index < -0.39 is 0 Å². The molecule has 1 amide bonds. The SMILES string of the molecule is Cc1ccc(-c2nnc(CN3CCC4(CC3)CC(=O)N(CC(C)C)C4)o2)n1C. The van der Waals surface area contributed by atoms with Gasteiger partial charge in [-0.2, -0.15) is 0 Å². The van der Waals surface area contributed by atoms with E-state index in [-0.39, 0.29) is 5.41 Å². The maximum atomic E-state index is 12.4. The zero-order valence-electron chi connectivity index (χ0n) is 17.4. The van der Waals surface area contributed by atoms with Gasteiger partial charge in [-0.15, -0.1) is 10.2 Å². The molecule has 2 fully saturated rings. The van der Waals surface area contributed by atoms with Gasteiger partial charge in [0.05, 0.1) is 6.54 Å². The molecule has 7 heteroatoms. The zero-order chi connectivity index (χ0) is 19.9. The number of aromatic nitrogens is 3. The summed E-state index contributed by atoms with van der Waals surface area (Å²) in [6.07, 6.45) is 2.84. The second kappa shape index (κ2) is 7.35. The molecule has 152 valence electrons. The molecule has 0 aromatic carbocycles. The van der Waals surface area contributed by atoms with E-state index >= 15 is 0 Å². The fourth-order valence-electron chi connectivity index (χ4n) is 4.55. The molecule has 2 aromatic rings. The average molecular weight is 386 g/mol. The fourth-order valence-corrected chi connectivity index (χ4v) is 4.55. The van der Waals surface area contributed by atoms with Crippen LogP contribution in [0.4, 0.5) is 0 Å². The molecule has 7 nitrogen and oxygen atoms in total. The third-order valence-corrected chi connectivity index (χ3v) is 6.33. The summed E-state index contributed by atoms with van der Waals surface area (Å²) in [5, 5.41) is 8.48. The first kappa shape index (κ1) is 19.2. The number of likely N-dealkylation sites (tertiary alicyclic amines) is 2. The number of nitrogens with zero attached hydrogens (tertiary/aromatic N) is 5. The Labute approximate surface area is 166 Å². The monoisotopic (exact) mass is 385 g/mol. The summed E-state index contributed by atoms with van der Waals surface area (Å²) in [7, 11) is 2.00. The topological polar surface area (TPSA) is 67.4 Å². The van der Waals surface area contributed by atoms with Crippen LogP contribution in [0.5, 0.6) is 0 Å². The number of aryl methyl sites for hydroxylation is 1. The van der Waals surface area contributed by atoms with Gasteiger partial charge in [-0.3, -0.25) is 9.69 Å². The molecule has 2 saturated heterocycles. The third-order valence-electron chi connectivity index (χ3n) is 6.33. The first-order valence-electron chi connectivity index (χ1n) is 10.3. The molecule has 2 aliphatic heterocycles. The Morgan fingerprint density at radius 3 is 2.61 bits per heavy atom. The number of carbonyl (C=O) groups excluding carboxylic acids is 1. The highest BCUT2D eigenvalue weighted by Gasteiger charge is 2.44. The van der Waals surface area contributed by atoms with E-state index in [1.165, 1.54) is 0 Å². The number of rotatable bonds is 5. The Bertz CT molecular complexity index is 845. The van der Waals surface area contributed by atoms with E-state index in [1.54, 1.807) is 0 Å². The first-order valence-corrected chi connectivity index (χ1v) is 10.3. The van der Waals surface area contributed by atoms with Gasteiger partial charge in [0.1, 0.15) is 5.69 Å². The van der Waals surface area contributed by atoms with Crippen molar-refractivity contribution in [2.75, 3.05) is 26.2 Å². The van der Waals surface area contributed by atoms with Gasteiger partial charge in [-0.05, 0) is 56.3 Å². The van der Waals surface area contributed by atoms with Gasteiger partial charge in [0.25, 0.3) is 5.89 Å². The molecule has 2 aliphatic rings. The summed E-state index contributed by atoms with van der Waals surface area (Å²) < 4.78 is 7.97. The van der Waals surface area contributed by atoms with Crippen LogP contribution in [0.25, 0.3) is 11.6 Å². The van der Waals surface area contributed by atoms with Crippen LogP contribution in [-0.2, 0) is 18.4 Å². The van der Waals surface area contributed by atoms with E-state index in [9.17, 15) is 4.79 Å². The van der Waals surface area contributed by atoms with Crippen molar-refractivity contribution in [1.29, 1.82) is 0 Å². The van der Waals surface area contributed by atoms with Crippen LogP contribution in [0, 0.1) is 18.3 Å². The Morgan fingerprint density at radius 1 is 1.21 bits per heavy atom. The molecule has 0 N–H and O–H groups in total. The van der Waals surface area contributed by atoms with Crippen molar-refractivity contribution >= 4 is 5.91 Å². The standard InChI is InChI=1S/C21H31N5O2/c1-15(2)12-26-14-21(11-19(26)27)7-9-25(10-8-21)13-18-22-23-20(28-18)17-6-5-16(3)24(17)4/h5-6,15H,7-14H2,1-4H3. The number of piperidine rings is 1. The van der Waals surface area contributed by atoms with E-state index in [1.807, 2.05) is 13.1 Å². The van der Waals surface area contributed by atoms with Crippen molar-refractivity contribution in [2.45, 2.75) is 46.6 Å². The summed E-state index contributed by atoms with van der Waals surface area (Å²) in [5.41, 5.74) is 2.28. The lowest BCUT2D eigenvalue weighted by atomic mass is 9.77. The van der Waals surface area contributed by atoms with Gasteiger partial charge in [0.15, 0.2) is 0 Å². The summed E-state index contributed by atoms with van der Waals surface area (Å²) in [6.45, 7) is 10.8. The Balaban J connectivity index is 1.34. The minimum absolute atomic E-state index is 0.170. The number of hydrogen-bond acceptors (Lipinski definition) is 5. The van der Waals surface area contributed by atoms with Gasteiger partial charge in [0.2, 0.25) is 11.8 Å². The Kier molecular flexibility index (Phi) is 5.04. The molecular weight excluding hydrogens is 354 g/mol. The maximum absolute atomic E-state index is 12.4. The van der Waals surface area contributed by atoms with Gasteiger partial charge in [0, 0.05) is 32.3 Å². The van der Waals surface area contributed by atoms with Crippen molar-refractivity contribution in [1.82, 2.24) is 24.6 Å².